The predicted molar refractivity (Wildman–Crippen MR) is 52.8 cm³/mol. The van der Waals surface area contributed by atoms with Crippen LogP contribution in [0.1, 0.15) is 26.7 Å². The summed E-state index contributed by atoms with van der Waals surface area (Å²) >= 11 is 0. The topological polar surface area (TPSA) is 38.7 Å². The van der Waals surface area contributed by atoms with E-state index in [1.807, 2.05) is 0 Å². The lowest BCUT2D eigenvalue weighted by atomic mass is 9.97. The Morgan fingerprint density at radius 3 is 2.23 bits per heavy atom. The second-order valence-corrected chi connectivity index (χ2v) is 3.21. The molecular formula is C10H22O3. The SMILES string of the molecule is CCC(CC)C(O)COCCOC. The molecule has 1 N–H and O–H groups in total. The van der Waals surface area contributed by atoms with Crippen LogP contribution in [-0.2, 0) is 9.47 Å². The molecule has 1 atom stereocenters. The second kappa shape index (κ2) is 8.48. The van der Waals surface area contributed by atoms with E-state index < -0.39 is 0 Å². The van der Waals surface area contributed by atoms with Crippen molar-refractivity contribution in [2.24, 2.45) is 5.92 Å². The average molecular weight is 190 g/mol. The van der Waals surface area contributed by atoms with E-state index in [2.05, 4.69) is 13.8 Å². The molecular weight excluding hydrogens is 168 g/mol. The molecule has 0 aliphatic rings. The zero-order valence-electron chi connectivity index (χ0n) is 8.95. The van der Waals surface area contributed by atoms with Crippen LogP contribution >= 0.6 is 0 Å². The van der Waals surface area contributed by atoms with Gasteiger partial charge in [-0.1, -0.05) is 26.7 Å². The zero-order chi connectivity index (χ0) is 10.1. The first kappa shape index (κ1) is 12.9. The average Bonchev–Trinajstić information content (AvgIpc) is 2.14. The monoisotopic (exact) mass is 190 g/mol. The molecule has 1 unspecified atom stereocenters. The van der Waals surface area contributed by atoms with Crippen LogP contribution < -0.4 is 0 Å². The van der Waals surface area contributed by atoms with Gasteiger partial charge in [-0.05, 0) is 5.92 Å². The third-order valence-electron chi connectivity index (χ3n) is 2.31. The van der Waals surface area contributed by atoms with Crippen LogP contribution in [0, 0.1) is 5.92 Å². The van der Waals surface area contributed by atoms with E-state index in [1.165, 1.54) is 0 Å². The quantitative estimate of drug-likeness (QED) is 0.589. The Hall–Kier alpha value is -0.120. The Labute approximate surface area is 81.0 Å². The molecule has 0 fully saturated rings. The number of hydrogen-bond donors (Lipinski definition) is 1. The van der Waals surface area contributed by atoms with E-state index >= 15 is 0 Å². The number of aliphatic hydroxyl groups is 1. The van der Waals surface area contributed by atoms with Crippen molar-refractivity contribution in [1.29, 1.82) is 0 Å². The van der Waals surface area contributed by atoms with E-state index in [0.717, 1.165) is 12.8 Å². The Bertz CT molecular complexity index is 102. The van der Waals surface area contributed by atoms with Crippen molar-refractivity contribution in [1.82, 2.24) is 0 Å². The summed E-state index contributed by atoms with van der Waals surface area (Å²) in [5.74, 6) is 0.363. The van der Waals surface area contributed by atoms with Crippen molar-refractivity contribution >= 4 is 0 Å². The van der Waals surface area contributed by atoms with Gasteiger partial charge in [0.05, 0.1) is 25.9 Å². The summed E-state index contributed by atoms with van der Waals surface area (Å²) in [6.07, 6.45) is 1.68. The summed E-state index contributed by atoms with van der Waals surface area (Å²) in [5.41, 5.74) is 0. The third kappa shape index (κ3) is 6.02. The molecule has 0 spiro atoms. The number of ether oxygens (including phenoxy) is 2. The normalized spacial score (nSPS) is 13.6. The molecule has 13 heavy (non-hydrogen) atoms. The zero-order valence-corrected chi connectivity index (χ0v) is 8.95. The van der Waals surface area contributed by atoms with Crippen LogP contribution in [0.15, 0.2) is 0 Å². The lowest BCUT2D eigenvalue weighted by molar-refractivity contribution is -0.0123. The van der Waals surface area contributed by atoms with Crippen molar-refractivity contribution in [3.8, 4) is 0 Å². The molecule has 0 radical (unpaired) electrons. The minimum atomic E-state index is -0.327. The first-order valence-electron chi connectivity index (χ1n) is 5.00. The fraction of sp³-hybridized carbons (Fsp3) is 1.00. The van der Waals surface area contributed by atoms with Gasteiger partial charge in [-0.25, -0.2) is 0 Å². The molecule has 0 heterocycles. The lowest BCUT2D eigenvalue weighted by Gasteiger charge is -2.19. The maximum absolute atomic E-state index is 9.64. The van der Waals surface area contributed by atoms with Crippen molar-refractivity contribution in [2.45, 2.75) is 32.8 Å². The third-order valence-corrected chi connectivity index (χ3v) is 2.31. The smallest absolute Gasteiger partial charge is 0.0801 e. The molecule has 0 rings (SSSR count). The molecule has 0 bridgehead atoms. The Balaban J connectivity index is 3.42. The lowest BCUT2D eigenvalue weighted by Crippen LogP contribution is -2.25. The summed E-state index contributed by atoms with van der Waals surface area (Å²) in [4.78, 5) is 0. The standard InChI is InChI=1S/C10H22O3/c1-4-9(5-2)10(11)8-13-7-6-12-3/h9-11H,4-8H2,1-3H3. The number of rotatable bonds is 8. The molecule has 0 amide bonds. The van der Waals surface area contributed by atoms with Crippen LogP contribution in [0.3, 0.4) is 0 Å². The van der Waals surface area contributed by atoms with Gasteiger partial charge >= 0.3 is 0 Å². The van der Waals surface area contributed by atoms with Crippen molar-refractivity contribution in [3.05, 3.63) is 0 Å². The summed E-state index contributed by atoms with van der Waals surface area (Å²) in [7, 11) is 1.64. The summed E-state index contributed by atoms with van der Waals surface area (Å²) < 4.78 is 10.1. The van der Waals surface area contributed by atoms with E-state index in [0.29, 0.717) is 25.7 Å². The fourth-order valence-electron chi connectivity index (χ4n) is 1.32. The number of methoxy groups -OCH3 is 1. The van der Waals surface area contributed by atoms with Crippen LogP contribution in [0.2, 0.25) is 0 Å². The van der Waals surface area contributed by atoms with Gasteiger partial charge in [0.15, 0.2) is 0 Å². The molecule has 0 aromatic rings. The van der Waals surface area contributed by atoms with Gasteiger partial charge in [0.25, 0.3) is 0 Å². The van der Waals surface area contributed by atoms with E-state index in [-0.39, 0.29) is 6.10 Å². The first-order valence-corrected chi connectivity index (χ1v) is 5.00. The maximum Gasteiger partial charge on any atom is 0.0801 e. The summed E-state index contributed by atoms with van der Waals surface area (Å²) in [6, 6.07) is 0. The van der Waals surface area contributed by atoms with Gasteiger partial charge in [-0.15, -0.1) is 0 Å². The minimum Gasteiger partial charge on any atom is -0.390 e. The van der Waals surface area contributed by atoms with Crippen LogP contribution in [-0.4, -0.2) is 38.1 Å². The molecule has 0 saturated carbocycles. The van der Waals surface area contributed by atoms with Crippen LogP contribution in [0.5, 0.6) is 0 Å². The highest BCUT2D eigenvalue weighted by atomic mass is 16.5. The summed E-state index contributed by atoms with van der Waals surface area (Å²) in [5, 5.41) is 9.64. The minimum absolute atomic E-state index is 0.327. The number of aliphatic hydroxyl groups excluding tert-OH is 1. The molecule has 3 nitrogen and oxygen atoms in total. The Morgan fingerprint density at radius 2 is 1.77 bits per heavy atom. The van der Waals surface area contributed by atoms with Gasteiger partial charge in [0, 0.05) is 7.11 Å². The molecule has 0 saturated heterocycles. The van der Waals surface area contributed by atoms with Crippen LogP contribution in [0.25, 0.3) is 0 Å². The van der Waals surface area contributed by atoms with Crippen molar-refractivity contribution in [3.63, 3.8) is 0 Å². The van der Waals surface area contributed by atoms with E-state index in [4.69, 9.17) is 9.47 Å². The predicted octanol–water partition coefficient (Wildman–Crippen LogP) is 1.45. The molecule has 0 aliphatic carbocycles. The largest absolute Gasteiger partial charge is 0.390 e. The molecule has 0 aliphatic heterocycles. The van der Waals surface area contributed by atoms with Gasteiger partial charge in [0.2, 0.25) is 0 Å². The first-order chi connectivity index (χ1) is 6.26. The van der Waals surface area contributed by atoms with E-state index in [1.54, 1.807) is 7.11 Å². The highest BCUT2D eigenvalue weighted by molar-refractivity contribution is 4.65. The molecule has 3 heteroatoms. The van der Waals surface area contributed by atoms with Crippen LogP contribution in [0.4, 0.5) is 0 Å². The van der Waals surface area contributed by atoms with E-state index in [9.17, 15) is 5.11 Å². The Kier molecular flexibility index (Phi) is 8.40. The fourth-order valence-corrected chi connectivity index (χ4v) is 1.32. The van der Waals surface area contributed by atoms with Gasteiger partial charge in [-0.3, -0.25) is 0 Å². The van der Waals surface area contributed by atoms with Gasteiger partial charge in [0.1, 0.15) is 0 Å². The van der Waals surface area contributed by atoms with Gasteiger partial charge < -0.3 is 14.6 Å². The van der Waals surface area contributed by atoms with Crippen molar-refractivity contribution < 1.29 is 14.6 Å². The molecule has 80 valence electrons. The Morgan fingerprint density at radius 1 is 1.15 bits per heavy atom. The number of hydrogen-bond acceptors (Lipinski definition) is 3. The maximum atomic E-state index is 9.64. The molecule has 0 aromatic heterocycles. The van der Waals surface area contributed by atoms with Gasteiger partial charge in [-0.2, -0.15) is 0 Å². The molecule has 0 aromatic carbocycles. The summed E-state index contributed by atoms with van der Waals surface area (Å²) in [6.45, 7) is 5.76. The highest BCUT2D eigenvalue weighted by Gasteiger charge is 2.14. The second-order valence-electron chi connectivity index (χ2n) is 3.21. The van der Waals surface area contributed by atoms with Crippen molar-refractivity contribution in [2.75, 3.05) is 26.9 Å². The highest BCUT2D eigenvalue weighted by Crippen LogP contribution is 2.12.